The molecule has 0 saturated heterocycles. The number of amidine groups is 1. The molecule has 15 heavy (non-hydrogen) atoms. The molecular weight excluding hydrogens is 208 g/mol. The zero-order chi connectivity index (χ0) is 11.3. The Bertz CT molecular complexity index is 357. The first kappa shape index (κ1) is 11.2. The number of alkyl halides is 2. The summed E-state index contributed by atoms with van der Waals surface area (Å²) in [4.78, 5) is 3.75. The molecule has 0 aliphatic carbocycles. The fourth-order valence-corrected chi connectivity index (χ4v) is 0.851. The summed E-state index contributed by atoms with van der Waals surface area (Å²) in [7, 11) is 0. The normalized spacial score (nSPS) is 11.8. The number of hydrogen-bond acceptors (Lipinski definition) is 4. The minimum atomic E-state index is -2.55. The standard InChI is InChI=1S/C8H9F2N3O2/c9-7(10)4-15-5-1-2-12-6(3-5)8(11)13-14/h1-3,7,14H,4H2,(H2,11,13). The van der Waals surface area contributed by atoms with E-state index in [4.69, 9.17) is 15.7 Å². The maximum atomic E-state index is 11.8. The number of hydrogen-bond donors (Lipinski definition) is 2. The van der Waals surface area contributed by atoms with Crippen molar-refractivity contribution >= 4 is 5.84 Å². The van der Waals surface area contributed by atoms with Gasteiger partial charge in [-0.1, -0.05) is 5.16 Å². The van der Waals surface area contributed by atoms with Crippen molar-refractivity contribution < 1.29 is 18.7 Å². The highest BCUT2D eigenvalue weighted by Gasteiger charge is 2.06. The molecule has 1 heterocycles. The van der Waals surface area contributed by atoms with Crippen LogP contribution in [0.1, 0.15) is 5.69 Å². The molecule has 1 aromatic rings. The Hall–Kier alpha value is -1.92. The van der Waals surface area contributed by atoms with Crippen LogP contribution >= 0.6 is 0 Å². The molecule has 0 amide bonds. The van der Waals surface area contributed by atoms with E-state index in [0.717, 1.165) is 0 Å². The topological polar surface area (TPSA) is 80.7 Å². The molecule has 1 aromatic heterocycles. The maximum absolute atomic E-state index is 11.8. The van der Waals surface area contributed by atoms with Crippen LogP contribution in [-0.4, -0.2) is 29.1 Å². The summed E-state index contributed by atoms with van der Waals surface area (Å²) in [5.74, 6) is -0.0237. The van der Waals surface area contributed by atoms with Gasteiger partial charge < -0.3 is 15.7 Å². The summed E-state index contributed by atoms with van der Waals surface area (Å²) in [6.45, 7) is -0.709. The zero-order valence-corrected chi connectivity index (χ0v) is 7.60. The fraction of sp³-hybridized carbons (Fsp3) is 0.250. The van der Waals surface area contributed by atoms with Crippen LogP contribution in [0.15, 0.2) is 23.5 Å². The molecule has 0 radical (unpaired) electrons. The van der Waals surface area contributed by atoms with Crippen LogP contribution in [0.2, 0.25) is 0 Å². The Morgan fingerprint density at radius 2 is 2.40 bits per heavy atom. The molecule has 0 aliphatic heterocycles. The molecule has 0 aromatic carbocycles. The molecule has 0 saturated carbocycles. The number of nitrogens with zero attached hydrogens (tertiary/aromatic N) is 2. The first-order valence-electron chi connectivity index (χ1n) is 3.98. The van der Waals surface area contributed by atoms with Gasteiger partial charge in [0.05, 0.1) is 0 Å². The highest BCUT2D eigenvalue weighted by atomic mass is 19.3. The number of aromatic nitrogens is 1. The minimum absolute atomic E-state index is 0.157. The summed E-state index contributed by atoms with van der Waals surface area (Å²) in [5, 5.41) is 11.1. The second-order valence-electron chi connectivity index (χ2n) is 2.56. The van der Waals surface area contributed by atoms with E-state index in [0.29, 0.717) is 0 Å². The van der Waals surface area contributed by atoms with Gasteiger partial charge in [0.25, 0.3) is 6.43 Å². The average Bonchev–Trinajstić information content (AvgIpc) is 2.25. The quantitative estimate of drug-likeness (QED) is 0.338. The van der Waals surface area contributed by atoms with Gasteiger partial charge in [-0.05, 0) is 6.07 Å². The lowest BCUT2D eigenvalue weighted by Crippen LogP contribution is -2.15. The second-order valence-corrected chi connectivity index (χ2v) is 2.56. The van der Waals surface area contributed by atoms with Crippen LogP contribution in [0, 0.1) is 0 Å². The molecule has 0 spiro atoms. The van der Waals surface area contributed by atoms with Crippen molar-refractivity contribution in [1.82, 2.24) is 4.98 Å². The van der Waals surface area contributed by atoms with Gasteiger partial charge in [0.2, 0.25) is 0 Å². The summed E-state index contributed by atoms with van der Waals surface area (Å²) in [6, 6.07) is 2.70. The van der Waals surface area contributed by atoms with Gasteiger partial charge in [0.1, 0.15) is 18.1 Å². The summed E-state index contributed by atoms with van der Waals surface area (Å²) in [5.41, 5.74) is 5.41. The van der Waals surface area contributed by atoms with E-state index in [-0.39, 0.29) is 17.3 Å². The van der Waals surface area contributed by atoms with Crippen LogP contribution in [-0.2, 0) is 0 Å². The SMILES string of the molecule is N/C(=N/O)c1cc(OCC(F)F)ccn1. The predicted molar refractivity (Wildman–Crippen MR) is 48.2 cm³/mol. The molecule has 0 atom stereocenters. The summed E-state index contributed by atoms with van der Waals surface area (Å²) in [6.07, 6.45) is -1.24. The zero-order valence-electron chi connectivity index (χ0n) is 7.60. The van der Waals surface area contributed by atoms with Gasteiger partial charge in [0.15, 0.2) is 5.84 Å². The van der Waals surface area contributed by atoms with Crippen molar-refractivity contribution in [2.24, 2.45) is 10.9 Å². The summed E-state index contributed by atoms with van der Waals surface area (Å²) < 4.78 is 28.4. The molecule has 0 unspecified atom stereocenters. The van der Waals surface area contributed by atoms with E-state index in [1.165, 1.54) is 18.3 Å². The third kappa shape index (κ3) is 3.37. The van der Waals surface area contributed by atoms with Gasteiger partial charge in [-0.15, -0.1) is 0 Å². The minimum Gasteiger partial charge on any atom is -0.488 e. The van der Waals surface area contributed by atoms with E-state index in [9.17, 15) is 8.78 Å². The highest BCUT2D eigenvalue weighted by molar-refractivity contribution is 5.95. The Kier molecular flexibility index (Phi) is 3.78. The number of ether oxygens (including phenoxy) is 1. The first-order chi connectivity index (χ1) is 7.13. The van der Waals surface area contributed by atoms with Crippen LogP contribution in [0.4, 0.5) is 8.78 Å². The molecule has 82 valence electrons. The average molecular weight is 217 g/mol. The lowest BCUT2D eigenvalue weighted by atomic mass is 10.3. The van der Waals surface area contributed by atoms with E-state index in [1.807, 2.05) is 0 Å². The van der Waals surface area contributed by atoms with Gasteiger partial charge in [-0.2, -0.15) is 0 Å². The summed E-state index contributed by atoms with van der Waals surface area (Å²) >= 11 is 0. The van der Waals surface area contributed by atoms with Crippen molar-refractivity contribution in [1.29, 1.82) is 0 Å². The van der Waals surface area contributed by atoms with E-state index in [1.54, 1.807) is 0 Å². The van der Waals surface area contributed by atoms with Crippen molar-refractivity contribution in [2.45, 2.75) is 6.43 Å². The Balaban J connectivity index is 2.74. The maximum Gasteiger partial charge on any atom is 0.272 e. The Morgan fingerprint density at radius 1 is 1.67 bits per heavy atom. The first-order valence-corrected chi connectivity index (χ1v) is 3.98. The third-order valence-electron chi connectivity index (χ3n) is 1.48. The van der Waals surface area contributed by atoms with Crippen molar-refractivity contribution in [2.75, 3.05) is 6.61 Å². The molecule has 0 aliphatic rings. The van der Waals surface area contributed by atoms with Crippen LogP contribution in [0.25, 0.3) is 0 Å². The predicted octanol–water partition coefficient (Wildman–Crippen LogP) is 0.820. The number of oxime groups is 1. The number of halogens is 2. The van der Waals surface area contributed by atoms with Gasteiger partial charge in [0, 0.05) is 12.3 Å². The van der Waals surface area contributed by atoms with Crippen LogP contribution in [0.5, 0.6) is 5.75 Å². The van der Waals surface area contributed by atoms with E-state index < -0.39 is 13.0 Å². The molecule has 5 nitrogen and oxygen atoms in total. The largest absolute Gasteiger partial charge is 0.488 e. The van der Waals surface area contributed by atoms with Crippen molar-refractivity contribution in [3.8, 4) is 5.75 Å². The monoisotopic (exact) mass is 217 g/mol. The van der Waals surface area contributed by atoms with Gasteiger partial charge in [-0.3, -0.25) is 4.98 Å². The van der Waals surface area contributed by atoms with E-state index >= 15 is 0 Å². The molecule has 1 rings (SSSR count). The second kappa shape index (κ2) is 5.08. The Morgan fingerprint density at radius 3 is 3.00 bits per heavy atom. The third-order valence-corrected chi connectivity index (χ3v) is 1.48. The van der Waals surface area contributed by atoms with Gasteiger partial charge in [-0.25, -0.2) is 8.78 Å². The van der Waals surface area contributed by atoms with E-state index in [2.05, 4.69) is 10.1 Å². The lowest BCUT2D eigenvalue weighted by molar-refractivity contribution is 0.0818. The fourth-order valence-electron chi connectivity index (χ4n) is 0.851. The lowest BCUT2D eigenvalue weighted by Gasteiger charge is -2.05. The number of rotatable bonds is 4. The molecule has 0 bridgehead atoms. The van der Waals surface area contributed by atoms with Gasteiger partial charge >= 0.3 is 0 Å². The van der Waals surface area contributed by atoms with Crippen LogP contribution in [0.3, 0.4) is 0 Å². The molecule has 0 fully saturated rings. The number of nitrogens with two attached hydrogens (primary N) is 1. The molecular formula is C8H9F2N3O2. The smallest absolute Gasteiger partial charge is 0.272 e. The highest BCUT2D eigenvalue weighted by Crippen LogP contribution is 2.11. The molecule has 7 heteroatoms. The Labute approximate surface area is 84.2 Å². The van der Waals surface area contributed by atoms with Crippen LogP contribution < -0.4 is 10.5 Å². The van der Waals surface area contributed by atoms with Crippen molar-refractivity contribution in [3.05, 3.63) is 24.0 Å². The molecule has 3 N–H and O–H groups in total. The number of pyridine rings is 1. The van der Waals surface area contributed by atoms with Crippen molar-refractivity contribution in [3.63, 3.8) is 0 Å².